The fourth-order valence-electron chi connectivity index (χ4n) is 5.18. The summed E-state index contributed by atoms with van der Waals surface area (Å²) in [6.45, 7) is 8.72. The van der Waals surface area contributed by atoms with Crippen molar-refractivity contribution in [2.24, 2.45) is 0 Å². The summed E-state index contributed by atoms with van der Waals surface area (Å²) in [4.78, 5) is 30.2. The number of halogens is 1. The van der Waals surface area contributed by atoms with Crippen molar-refractivity contribution in [2.45, 2.75) is 64.1 Å². The number of hydrogen-bond donors (Lipinski definition) is 1. The number of amides is 2. The molecule has 1 atom stereocenters. The van der Waals surface area contributed by atoms with Gasteiger partial charge in [-0.15, -0.1) is 0 Å². The number of aryl methyl sites for hydroxylation is 2. The minimum atomic E-state index is -4.28. The summed E-state index contributed by atoms with van der Waals surface area (Å²) in [5.41, 5.74) is 2.82. The Morgan fingerprint density at radius 1 is 0.851 bits per heavy atom. The molecule has 0 radical (unpaired) electrons. The number of rotatable bonds is 12. The second kappa shape index (κ2) is 15.0. The van der Waals surface area contributed by atoms with Crippen LogP contribution in [0.5, 0.6) is 5.75 Å². The third-order valence-corrected chi connectivity index (χ3v) is 9.51. The summed E-state index contributed by atoms with van der Waals surface area (Å²) in [6.07, 6.45) is 0.202. The lowest BCUT2D eigenvalue weighted by Gasteiger charge is -2.35. The standard InChI is InChI=1S/C37H42ClN3O5S/c1-26-15-18-31(19-16-26)47(44,45)41(32-21-27(2)17-20-34(32)46-6)25-35(42)40(24-29-13-10-14-30(38)22-29)33(36(43)39-37(3,4)5)23-28-11-8-7-9-12-28/h7-22,33H,23-25H2,1-6H3,(H,39,43)/t33-/m1/s1. The van der Waals surface area contributed by atoms with Gasteiger partial charge < -0.3 is 15.0 Å². The van der Waals surface area contributed by atoms with E-state index >= 15 is 0 Å². The highest BCUT2D eigenvalue weighted by atomic mass is 35.5. The Hall–Kier alpha value is -4.34. The van der Waals surface area contributed by atoms with Crippen LogP contribution in [0.1, 0.15) is 43.0 Å². The predicted octanol–water partition coefficient (Wildman–Crippen LogP) is 6.72. The zero-order valence-corrected chi connectivity index (χ0v) is 29.2. The summed E-state index contributed by atoms with van der Waals surface area (Å²) >= 11 is 6.33. The third-order valence-electron chi connectivity index (χ3n) is 7.50. The highest BCUT2D eigenvalue weighted by molar-refractivity contribution is 7.92. The van der Waals surface area contributed by atoms with Crippen LogP contribution in [0.2, 0.25) is 5.02 Å². The molecule has 47 heavy (non-hydrogen) atoms. The van der Waals surface area contributed by atoms with E-state index in [0.717, 1.165) is 21.0 Å². The number of carbonyl (C=O) groups excluding carboxylic acids is 2. The first-order valence-corrected chi connectivity index (χ1v) is 17.1. The Kier molecular flexibility index (Phi) is 11.4. The first-order chi connectivity index (χ1) is 22.2. The Morgan fingerprint density at radius 3 is 2.11 bits per heavy atom. The molecule has 0 fully saturated rings. The molecule has 2 amide bonds. The molecule has 0 bridgehead atoms. The predicted molar refractivity (Wildman–Crippen MR) is 187 cm³/mol. The van der Waals surface area contributed by atoms with Crippen molar-refractivity contribution in [3.8, 4) is 5.75 Å². The number of carbonyl (C=O) groups is 2. The van der Waals surface area contributed by atoms with Gasteiger partial charge in [0.2, 0.25) is 11.8 Å². The minimum absolute atomic E-state index is 0.0117. The number of benzene rings is 4. The zero-order chi connectivity index (χ0) is 34.4. The zero-order valence-electron chi connectivity index (χ0n) is 27.7. The number of methoxy groups -OCH3 is 1. The van der Waals surface area contributed by atoms with Gasteiger partial charge >= 0.3 is 0 Å². The summed E-state index contributed by atoms with van der Waals surface area (Å²) in [6, 6.07) is 27.1. The second-order valence-corrected chi connectivity index (χ2v) is 14.9. The number of anilines is 1. The molecule has 0 saturated heterocycles. The van der Waals surface area contributed by atoms with Crippen LogP contribution in [0, 0.1) is 13.8 Å². The molecule has 4 aromatic rings. The maximum absolute atomic E-state index is 14.7. The first-order valence-electron chi connectivity index (χ1n) is 15.3. The van der Waals surface area contributed by atoms with E-state index in [1.165, 1.54) is 24.1 Å². The third kappa shape index (κ3) is 9.36. The van der Waals surface area contributed by atoms with Gasteiger partial charge in [-0.25, -0.2) is 8.42 Å². The number of sulfonamides is 1. The molecular formula is C37H42ClN3O5S. The normalized spacial score (nSPS) is 12.2. The van der Waals surface area contributed by atoms with Gasteiger partial charge in [0.1, 0.15) is 18.3 Å². The lowest BCUT2D eigenvalue weighted by molar-refractivity contribution is -0.140. The van der Waals surface area contributed by atoms with Crippen LogP contribution in [-0.2, 0) is 32.6 Å². The highest BCUT2D eigenvalue weighted by Crippen LogP contribution is 2.34. The van der Waals surface area contributed by atoms with Gasteiger partial charge in [-0.05, 0) is 87.7 Å². The van der Waals surface area contributed by atoms with Crippen molar-refractivity contribution < 1.29 is 22.7 Å². The monoisotopic (exact) mass is 675 g/mol. The Labute approximate surface area is 283 Å². The van der Waals surface area contributed by atoms with Crippen molar-refractivity contribution >= 4 is 39.1 Å². The van der Waals surface area contributed by atoms with E-state index in [-0.39, 0.29) is 35.2 Å². The van der Waals surface area contributed by atoms with Crippen LogP contribution in [0.15, 0.2) is 102 Å². The molecule has 0 unspecified atom stereocenters. The van der Waals surface area contributed by atoms with E-state index in [4.69, 9.17) is 16.3 Å². The van der Waals surface area contributed by atoms with Crippen LogP contribution in [0.3, 0.4) is 0 Å². The summed E-state index contributed by atoms with van der Waals surface area (Å²) in [5.74, 6) is -0.654. The average molecular weight is 676 g/mol. The van der Waals surface area contributed by atoms with E-state index in [1.54, 1.807) is 48.5 Å². The van der Waals surface area contributed by atoms with Crippen molar-refractivity contribution in [3.63, 3.8) is 0 Å². The van der Waals surface area contributed by atoms with Gasteiger partial charge in [-0.2, -0.15) is 0 Å². The topological polar surface area (TPSA) is 96.0 Å². The van der Waals surface area contributed by atoms with Crippen LogP contribution in [0.25, 0.3) is 0 Å². The smallest absolute Gasteiger partial charge is 0.264 e. The molecule has 1 N–H and O–H groups in total. The van der Waals surface area contributed by atoms with Gasteiger partial charge in [0.15, 0.2) is 0 Å². The molecule has 4 rings (SSSR count). The maximum atomic E-state index is 14.7. The van der Waals surface area contributed by atoms with E-state index in [1.807, 2.05) is 71.0 Å². The Bertz CT molecular complexity index is 1810. The summed E-state index contributed by atoms with van der Waals surface area (Å²) < 4.78 is 35.4. The molecular weight excluding hydrogens is 634 g/mol. The number of nitrogens with zero attached hydrogens (tertiary/aromatic N) is 2. The maximum Gasteiger partial charge on any atom is 0.264 e. The van der Waals surface area contributed by atoms with Gasteiger partial charge in [0, 0.05) is 23.5 Å². The molecule has 0 aromatic heterocycles. The molecule has 10 heteroatoms. The van der Waals surface area contributed by atoms with E-state index in [9.17, 15) is 18.0 Å². The lowest BCUT2D eigenvalue weighted by Crippen LogP contribution is -2.56. The van der Waals surface area contributed by atoms with Crippen molar-refractivity contribution in [1.82, 2.24) is 10.2 Å². The van der Waals surface area contributed by atoms with Crippen LogP contribution < -0.4 is 14.4 Å². The molecule has 4 aromatic carbocycles. The van der Waals surface area contributed by atoms with Crippen LogP contribution in [-0.4, -0.2) is 50.4 Å². The minimum Gasteiger partial charge on any atom is -0.495 e. The number of nitrogens with one attached hydrogen (secondary N) is 1. The second-order valence-electron chi connectivity index (χ2n) is 12.6. The molecule has 248 valence electrons. The van der Waals surface area contributed by atoms with Crippen LogP contribution in [0.4, 0.5) is 5.69 Å². The van der Waals surface area contributed by atoms with Crippen molar-refractivity contribution in [2.75, 3.05) is 18.0 Å². The van der Waals surface area contributed by atoms with Crippen molar-refractivity contribution in [3.05, 3.63) is 124 Å². The lowest BCUT2D eigenvalue weighted by atomic mass is 10.0. The Morgan fingerprint density at radius 2 is 1.49 bits per heavy atom. The molecule has 0 spiro atoms. The SMILES string of the molecule is COc1ccc(C)cc1N(CC(=O)N(Cc1cccc(Cl)c1)[C@H](Cc1ccccc1)C(=O)NC(C)(C)C)S(=O)(=O)c1ccc(C)cc1. The molecule has 0 heterocycles. The van der Waals surface area contributed by atoms with Crippen molar-refractivity contribution in [1.29, 1.82) is 0 Å². The van der Waals surface area contributed by atoms with Gasteiger partial charge in [0.25, 0.3) is 10.0 Å². The summed E-state index contributed by atoms with van der Waals surface area (Å²) in [7, 11) is -2.83. The van der Waals surface area contributed by atoms with Crippen LogP contribution >= 0.6 is 11.6 Å². The molecule has 0 aliphatic carbocycles. The first kappa shape index (κ1) is 35.5. The summed E-state index contributed by atoms with van der Waals surface area (Å²) in [5, 5.41) is 3.51. The fraction of sp³-hybridized carbons (Fsp3) is 0.297. The van der Waals surface area contributed by atoms with E-state index in [0.29, 0.717) is 10.6 Å². The molecule has 8 nitrogen and oxygen atoms in total. The number of hydrogen-bond acceptors (Lipinski definition) is 5. The average Bonchev–Trinajstić information content (AvgIpc) is 3.01. The molecule has 0 aliphatic rings. The largest absolute Gasteiger partial charge is 0.495 e. The number of ether oxygens (including phenoxy) is 1. The van der Waals surface area contributed by atoms with Gasteiger partial charge in [0.05, 0.1) is 17.7 Å². The van der Waals surface area contributed by atoms with Gasteiger partial charge in [-0.3, -0.25) is 13.9 Å². The molecule has 0 saturated carbocycles. The highest BCUT2D eigenvalue weighted by Gasteiger charge is 2.36. The Balaban J connectivity index is 1.87. The quantitative estimate of drug-likeness (QED) is 0.180. The van der Waals surface area contributed by atoms with Gasteiger partial charge in [-0.1, -0.05) is 77.8 Å². The molecule has 0 aliphatic heterocycles. The fourth-order valence-corrected chi connectivity index (χ4v) is 6.81. The van der Waals surface area contributed by atoms with E-state index in [2.05, 4.69) is 5.32 Å². The van der Waals surface area contributed by atoms with E-state index < -0.39 is 34.1 Å².